The Morgan fingerprint density at radius 3 is 2.42 bits per heavy atom. The fraction of sp³-hybridized carbons (Fsp3) is 0.286. The summed E-state index contributed by atoms with van der Waals surface area (Å²) in [6, 6.07) is 6.86. The van der Waals surface area contributed by atoms with Crippen molar-refractivity contribution in [3.05, 3.63) is 35.5 Å². The third kappa shape index (κ3) is 3.34. The molecule has 1 aromatic carbocycles. The fourth-order valence-electron chi connectivity index (χ4n) is 1.61. The molecule has 5 nitrogen and oxygen atoms in total. The summed E-state index contributed by atoms with van der Waals surface area (Å²) in [4.78, 5) is 22.3. The van der Waals surface area contributed by atoms with E-state index in [0.29, 0.717) is 0 Å². The highest BCUT2D eigenvalue weighted by Crippen LogP contribution is 2.16. The number of nitrogens with one attached hydrogen (secondary N) is 2. The van der Waals surface area contributed by atoms with Crippen LogP contribution in [0.5, 0.6) is 5.75 Å². The molecule has 0 aromatic heterocycles. The minimum absolute atomic E-state index is 0.170. The molecule has 0 unspecified atom stereocenters. The van der Waals surface area contributed by atoms with Gasteiger partial charge >= 0.3 is 6.03 Å². The van der Waals surface area contributed by atoms with Gasteiger partial charge in [0.25, 0.3) is 5.91 Å². The zero-order chi connectivity index (χ0) is 13.8. The van der Waals surface area contributed by atoms with Crippen molar-refractivity contribution < 1.29 is 14.3 Å². The molecule has 1 aromatic rings. The highest BCUT2D eigenvalue weighted by atomic mass is 16.5. The van der Waals surface area contributed by atoms with Crippen LogP contribution in [0.2, 0.25) is 0 Å². The number of hydrogen-bond acceptors (Lipinski definition) is 3. The number of rotatable bonds is 4. The zero-order valence-electron chi connectivity index (χ0n) is 10.9. The van der Waals surface area contributed by atoms with Crippen LogP contribution in [0.4, 0.5) is 4.79 Å². The molecular formula is C14H16N2O3. The van der Waals surface area contributed by atoms with Gasteiger partial charge in [-0.2, -0.15) is 0 Å². The maximum atomic E-state index is 11.4. The van der Waals surface area contributed by atoms with Crippen molar-refractivity contribution in [3.63, 3.8) is 0 Å². The van der Waals surface area contributed by atoms with Crippen molar-refractivity contribution in [3.8, 4) is 5.75 Å². The van der Waals surface area contributed by atoms with Gasteiger partial charge < -0.3 is 10.1 Å². The second-order valence-electron chi connectivity index (χ2n) is 4.37. The van der Waals surface area contributed by atoms with Crippen molar-refractivity contribution >= 4 is 18.0 Å². The summed E-state index contributed by atoms with van der Waals surface area (Å²) in [7, 11) is 0. The van der Waals surface area contributed by atoms with E-state index < -0.39 is 11.9 Å². The maximum Gasteiger partial charge on any atom is 0.326 e. The van der Waals surface area contributed by atoms with Crippen molar-refractivity contribution in [2.24, 2.45) is 0 Å². The van der Waals surface area contributed by atoms with Crippen LogP contribution in [0.3, 0.4) is 0 Å². The topological polar surface area (TPSA) is 67.4 Å². The maximum absolute atomic E-state index is 11.4. The van der Waals surface area contributed by atoms with Gasteiger partial charge in [-0.1, -0.05) is 19.1 Å². The lowest BCUT2D eigenvalue weighted by Crippen LogP contribution is -2.22. The summed E-state index contributed by atoms with van der Waals surface area (Å²) in [5.41, 5.74) is 1.07. The van der Waals surface area contributed by atoms with E-state index in [9.17, 15) is 9.59 Å². The molecule has 1 atom stereocenters. The van der Waals surface area contributed by atoms with E-state index in [1.54, 1.807) is 6.08 Å². The Labute approximate surface area is 111 Å². The normalized spacial score (nSPS) is 18.1. The van der Waals surface area contributed by atoms with Crippen LogP contribution in [-0.4, -0.2) is 18.0 Å². The zero-order valence-corrected chi connectivity index (χ0v) is 10.9. The Hall–Kier alpha value is -2.30. The Kier molecular flexibility index (Phi) is 3.85. The molecule has 0 bridgehead atoms. The van der Waals surface area contributed by atoms with Gasteiger partial charge in [-0.15, -0.1) is 0 Å². The van der Waals surface area contributed by atoms with Gasteiger partial charge in [0, 0.05) is 0 Å². The molecule has 2 N–H and O–H groups in total. The van der Waals surface area contributed by atoms with Crippen LogP contribution in [0.1, 0.15) is 25.8 Å². The SMILES string of the molecule is CC[C@@H](C)Oc1ccc(/C=C2\NC(=O)NC2=O)cc1. The number of carbonyl (C=O) groups excluding carboxylic acids is 2. The van der Waals surface area contributed by atoms with Gasteiger partial charge in [0.15, 0.2) is 0 Å². The Bertz CT molecular complexity index is 520. The summed E-state index contributed by atoms with van der Waals surface area (Å²) in [6.45, 7) is 4.07. The lowest BCUT2D eigenvalue weighted by atomic mass is 10.2. The Morgan fingerprint density at radius 2 is 1.89 bits per heavy atom. The third-order valence-electron chi connectivity index (χ3n) is 2.82. The summed E-state index contributed by atoms with van der Waals surface area (Å²) in [5, 5.41) is 4.59. The second-order valence-corrected chi connectivity index (χ2v) is 4.37. The molecule has 0 saturated carbocycles. The minimum atomic E-state index is -0.493. The molecule has 1 saturated heterocycles. The fourth-order valence-corrected chi connectivity index (χ4v) is 1.61. The lowest BCUT2D eigenvalue weighted by Gasteiger charge is -2.12. The van der Waals surface area contributed by atoms with E-state index in [4.69, 9.17) is 4.74 Å². The molecule has 100 valence electrons. The standard InChI is InChI=1S/C14H16N2O3/c1-3-9(2)19-11-6-4-10(5-7-11)8-12-13(17)16-14(18)15-12/h4-9H,3H2,1-2H3,(H2,15,16,17,18)/b12-8-/t9-/m1/s1. The minimum Gasteiger partial charge on any atom is -0.491 e. The van der Waals surface area contributed by atoms with E-state index >= 15 is 0 Å². The van der Waals surface area contributed by atoms with Crippen LogP contribution in [0.15, 0.2) is 30.0 Å². The summed E-state index contributed by atoms with van der Waals surface area (Å²) in [5.74, 6) is 0.376. The first-order chi connectivity index (χ1) is 9.08. The Morgan fingerprint density at radius 1 is 1.21 bits per heavy atom. The van der Waals surface area contributed by atoms with Crippen LogP contribution in [0, 0.1) is 0 Å². The van der Waals surface area contributed by atoms with E-state index in [1.807, 2.05) is 31.2 Å². The Balaban J connectivity index is 2.09. The first-order valence-electron chi connectivity index (χ1n) is 6.19. The highest BCUT2D eigenvalue weighted by molar-refractivity contribution is 6.13. The van der Waals surface area contributed by atoms with Crippen LogP contribution < -0.4 is 15.4 Å². The summed E-state index contributed by atoms with van der Waals surface area (Å²) in [6.07, 6.45) is 2.73. The number of imide groups is 1. The molecular weight excluding hydrogens is 244 g/mol. The molecule has 19 heavy (non-hydrogen) atoms. The van der Waals surface area contributed by atoms with Gasteiger partial charge in [-0.25, -0.2) is 4.79 Å². The van der Waals surface area contributed by atoms with Gasteiger partial charge in [0.05, 0.1) is 6.10 Å². The molecule has 3 amide bonds. The number of benzene rings is 1. The molecule has 1 heterocycles. The molecule has 1 fully saturated rings. The van der Waals surface area contributed by atoms with Crippen molar-refractivity contribution in [2.45, 2.75) is 26.4 Å². The summed E-state index contributed by atoms with van der Waals surface area (Å²) >= 11 is 0. The predicted molar refractivity (Wildman–Crippen MR) is 71.5 cm³/mol. The molecule has 5 heteroatoms. The largest absolute Gasteiger partial charge is 0.491 e. The lowest BCUT2D eigenvalue weighted by molar-refractivity contribution is -0.115. The highest BCUT2D eigenvalue weighted by Gasteiger charge is 2.22. The van der Waals surface area contributed by atoms with Crippen LogP contribution in [0.25, 0.3) is 6.08 Å². The van der Waals surface area contributed by atoms with E-state index in [1.165, 1.54) is 0 Å². The molecule has 0 aliphatic carbocycles. The quantitative estimate of drug-likeness (QED) is 0.643. The second kappa shape index (κ2) is 5.56. The van der Waals surface area contributed by atoms with E-state index in [2.05, 4.69) is 17.6 Å². The number of urea groups is 1. The molecule has 2 rings (SSSR count). The number of hydrogen-bond donors (Lipinski definition) is 2. The number of ether oxygens (including phenoxy) is 1. The molecule has 0 radical (unpaired) electrons. The van der Waals surface area contributed by atoms with Gasteiger partial charge in [-0.3, -0.25) is 10.1 Å². The van der Waals surface area contributed by atoms with E-state index in [-0.39, 0.29) is 11.8 Å². The van der Waals surface area contributed by atoms with Gasteiger partial charge in [0.1, 0.15) is 11.4 Å². The van der Waals surface area contributed by atoms with E-state index in [0.717, 1.165) is 17.7 Å². The number of amides is 3. The average Bonchev–Trinajstić information content (AvgIpc) is 2.70. The molecule has 1 aliphatic heterocycles. The smallest absolute Gasteiger partial charge is 0.326 e. The predicted octanol–water partition coefficient (Wildman–Crippen LogP) is 2.04. The first-order valence-corrected chi connectivity index (χ1v) is 6.19. The number of carbonyl (C=O) groups is 2. The van der Waals surface area contributed by atoms with Gasteiger partial charge in [-0.05, 0) is 37.1 Å². The monoisotopic (exact) mass is 260 g/mol. The van der Waals surface area contributed by atoms with Crippen molar-refractivity contribution in [1.82, 2.24) is 10.6 Å². The first kappa shape index (κ1) is 13.1. The molecule has 1 aliphatic rings. The van der Waals surface area contributed by atoms with Crippen LogP contribution >= 0.6 is 0 Å². The van der Waals surface area contributed by atoms with Crippen molar-refractivity contribution in [2.75, 3.05) is 0 Å². The van der Waals surface area contributed by atoms with Gasteiger partial charge in [0.2, 0.25) is 0 Å². The van der Waals surface area contributed by atoms with Crippen LogP contribution in [-0.2, 0) is 4.79 Å². The average molecular weight is 260 g/mol. The third-order valence-corrected chi connectivity index (χ3v) is 2.82. The summed E-state index contributed by atoms with van der Waals surface area (Å²) < 4.78 is 5.66. The van der Waals surface area contributed by atoms with Crippen molar-refractivity contribution in [1.29, 1.82) is 0 Å². The molecule has 0 spiro atoms.